The highest BCUT2D eigenvalue weighted by atomic mass is 32.1. The van der Waals surface area contributed by atoms with Crippen LogP contribution in [0.5, 0.6) is 17.4 Å². The average Bonchev–Trinajstić information content (AvgIpc) is 3.57. The van der Waals surface area contributed by atoms with Crippen LogP contribution in [0.1, 0.15) is 40.2 Å². The van der Waals surface area contributed by atoms with Gasteiger partial charge in [0, 0.05) is 12.6 Å². The van der Waals surface area contributed by atoms with Gasteiger partial charge in [0.05, 0.1) is 37.5 Å². The molecule has 0 saturated heterocycles. The number of hydrazone groups is 1. The predicted molar refractivity (Wildman–Crippen MR) is 130 cm³/mol. The van der Waals surface area contributed by atoms with Crippen LogP contribution in [0.3, 0.4) is 0 Å². The molecule has 3 aromatic rings. The molecule has 1 atom stereocenters. The third kappa shape index (κ3) is 5.27. The van der Waals surface area contributed by atoms with Gasteiger partial charge in [0.2, 0.25) is 5.88 Å². The first-order valence-electron chi connectivity index (χ1n) is 11.0. The number of esters is 1. The number of pyridine rings is 1. The molecule has 2 aromatic heterocycles. The van der Waals surface area contributed by atoms with Gasteiger partial charge in [-0.05, 0) is 48.2 Å². The van der Waals surface area contributed by atoms with E-state index in [0.717, 1.165) is 16.2 Å². The Morgan fingerprint density at radius 1 is 1.11 bits per heavy atom. The fourth-order valence-electron chi connectivity index (χ4n) is 3.72. The first-order chi connectivity index (χ1) is 17.0. The molecule has 1 unspecified atom stereocenters. The van der Waals surface area contributed by atoms with Crippen molar-refractivity contribution in [1.29, 1.82) is 0 Å². The highest BCUT2D eigenvalue weighted by Gasteiger charge is 2.34. The van der Waals surface area contributed by atoms with Gasteiger partial charge in [0.1, 0.15) is 5.56 Å². The summed E-state index contributed by atoms with van der Waals surface area (Å²) in [4.78, 5) is 30.9. The lowest BCUT2D eigenvalue weighted by molar-refractivity contribution is -0.136. The zero-order chi connectivity index (χ0) is 24.8. The lowest BCUT2D eigenvalue weighted by Crippen LogP contribution is -2.31. The minimum atomic E-state index is -0.695. The summed E-state index contributed by atoms with van der Waals surface area (Å²) in [6.45, 7) is 1.65. The number of ether oxygens (including phenoxy) is 4. The van der Waals surface area contributed by atoms with Crippen molar-refractivity contribution < 1.29 is 28.5 Å². The van der Waals surface area contributed by atoms with Crippen molar-refractivity contribution in [2.24, 2.45) is 5.10 Å². The molecule has 4 rings (SSSR count). The second kappa shape index (κ2) is 11.0. The highest BCUT2D eigenvalue weighted by molar-refractivity contribution is 7.12. The Labute approximate surface area is 206 Å². The topological polar surface area (TPSA) is 99.6 Å². The van der Waals surface area contributed by atoms with E-state index in [0.29, 0.717) is 24.5 Å². The van der Waals surface area contributed by atoms with Crippen molar-refractivity contribution in [3.63, 3.8) is 0 Å². The number of hydrogen-bond acceptors (Lipinski definition) is 9. The summed E-state index contributed by atoms with van der Waals surface area (Å²) < 4.78 is 21.5. The van der Waals surface area contributed by atoms with Gasteiger partial charge in [0.25, 0.3) is 5.91 Å². The van der Waals surface area contributed by atoms with Gasteiger partial charge in [-0.15, -0.1) is 11.3 Å². The molecule has 0 bridgehead atoms. The lowest BCUT2D eigenvalue weighted by Gasteiger charge is -2.23. The van der Waals surface area contributed by atoms with E-state index in [4.69, 9.17) is 18.9 Å². The Hall–Kier alpha value is -3.92. The summed E-state index contributed by atoms with van der Waals surface area (Å²) in [5, 5.41) is 7.92. The number of carbonyl (C=O) groups is 2. The van der Waals surface area contributed by atoms with E-state index in [1.165, 1.54) is 11.2 Å². The number of aromatic nitrogens is 1. The van der Waals surface area contributed by atoms with Crippen LogP contribution in [-0.4, -0.2) is 55.0 Å². The van der Waals surface area contributed by atoms with E-state index >= 15 is 0 Å². The Morgan fingerprint density at radius 2 is 1.94 bits per heavy atom. The summed E-state index contributed by atoms with van der Waals surface area (Å²) in [7, 11) is 3.12. The molecule has 1 aliphatic rings. The van der Waals surface area contributed by atoms with Crippen molar-refractivity contribution >= 4 is 28.9 Å². The van der Waals surface area contributed by atoms with Gasteiger partial charge in [-0.3, -0.25) is 4.79 Å². The van der Waals surface area contributed by atoms with Crippen LogP contribution in [0, 0.1) is 0 Å². The van der Waals surface area contributed by atoms with E-state index < -0.39 is 24.5 Å². The molecule has 1 aromatic carbocycles. The monoisotopic (exact) mass is 495 g/mol. The molecule has 10 heteroatoms. The molecule has 182 valence electrons. The minimum absolute atomic E-state index is 0.155. The summed E-state index contributed by atoms with van der Waals surface area (Å²) in [6.07, 6.45) is 2.03. The molecule has 0 aliphatic carbocycles. The van der Waals surface area contributed by atoms with Crippen molar-refractivity contribution in [2.45, 2.75) is 19.4 Å². The second-order valence-corrected chi connectivity index (χ2v) is 8.41. The lowest BCUT2D eigenvalue weighted by atomic mass is 10.0. The zero-order valence-corrected chi connectivity index (χ0v) is 20.4. The highest BCUT2D eigenvalue weighted by Crippen LogP contribution is 2.38. The SMILES string of the molecule is CCOc1ncccc1C(=O)OCC(=O)N1N=C(c2cccs2)CC1c1ccc(OC)c(OC)c1. The van der Waals surface area contributed by atoms with Crippen LogP contribution < -0.4 is 14.2 Å². The maximum absolute atomic E-state index is 13.2. The number of carbonyl (C=O) groups excluding carboxylic acids is 2. The normalized spacial score (nSPS) is 14.9. The molecular formula is C25H25N3O6S. The fourth-order valence-corrected chi connectivity index (χ4v) is 4.44. The van der Waals surface area contributed by atoms with E-state index in [9.17, 15) is 9.59 Å². The number of methoxy groups -OCH3 is 2. The molecule has 1 aliphatic heterocycles. The van der Waals surface area contributed by atoms with Gasteiger partial charge in [-0.2, -0.15) is 5.10 Å². The number of rotatable bonds is 9. The molecule has 0 fully saturated rings. The predicted octanol–water partition coefficient (Wildman–Crippen LogP) is 4.09. The Morgan fingerprint density at radius 3 is 2.66 bits per heavy atom. The molecular weight excluding hydrogens is 470 g/mol. The van der Waals surface area contributed by atoms with Crippen LogP contribution in [-0.2, 0) is 9.53 Å². The number of amides is 1. The maximum Gasteiger partial charge on any atom is 0.344 e. The summed E-state index contributed by atoms with van der Waals surface area (Å²) >= 11 is 1.55. The van der Waals surface area contributed by atoms with Crippen LogP contribution >= 0.6 is 11.3 Å². The number of thiophene rings is 1. The smallest absolute Gasteiger partial charge is 0.344 e. The van der Waals surface area contributed by atoms with Crippen LogP contribution in [0.15, 0.2) is 59.1 Å². The summed E-state index contributed by atoms with van der Waals surface area (Å²) in [5.41, 5.74) is 1.76. The second-order valence-electron chi connectivity index (χ2n) is 7.46. The zero-order valence-electron chi connectivity index (χ0n) is 19.6. The first kappa shape index (κ1) is 24.2. The van der Waals surface area contributed by atoms with Crippen molar-refractivity contribution in [3.05, 3.63) is 70.0 Å². The summed E-state index contributed by atoms with van der Waals surface area (Å²) in [6, 6.07) is 12.1. The standard InChI is InChI=1S/C25H25N3O6S/c1-4-33-24-17(7-5-11-26-24)25(30)34-15-23(29)28-19(14-18(27-28)22-8-6-12-35-22)16-9-10-20(31-2)21(13-16)32-3/h5-13,19H,4,14-15H2,1-3H3. The van der Waals surface area contributed by atoms with Crippen LogP contribution in [0.2, 0.25) is 0 Å². The van der Waals surface area contributed by atoms with Gasteiger partial charge < -0.3 is 18.9 Å². The molecule has 0 spiro atoms. The largest absolute Gasteiger partial charge is 0.493 e. The molecule has 35 heavy (non-hydrogen) atoms. The van der Waals surface area contributed by atoms with Crippen LogP contribution in [0.25, 0.3) is 0 Å². The molecule has 9 nitrogen and oxygen atoms in total. The number of nitrogens with zero attached hydrogens (tertiary/aromatic N) is 3. The van der Waals surface area contributed by atoms with E-state index in [1.54, 1.807) is 50.7 Å². The molecule has 3 heterocycles. The molecule has 0 N–H and O–H groups in total. The van der Waals surface area contributed by atoms with Crippen molar-refractivity contribution in [3.8, 4) is 17.4 Å². The number of hydrogen-bond donors (Lipinski definition) is 0. The number of benzene rings is 1. The van der Waals surface area contributed by atoms with Crippen molar-refractivity contribution in [2.75, 3.05) is 27.4 Å². The Kier molecular flexibility index (Phi) is 7.61. The van der Waals surface area contributed by atoms with E-state index in [2.05, 4.69) is 10.1 Å². The van der Waals surface area contributed by atoms with E-state index in [-0.39, 0.29) is 11.4 Å². The van der Waals surface area contributed by atoms with Gasteiger partial charge in [-0.1, -0.05) is 12.1 Å². The third-order valence-corrected chi connectivity index (χ3v) is 6.28. The maximum atomic E-state index is 13.2. The van der Waals surface area contributed by atoms with E-state index in [1.807, 2.05) is 29.6 Å². The minimum Gasteiger partial charge on any atom is -0.493 e. The molecule has 1 amide bonds. The Balaban J connectivity index is 1.56. The molecule has 0 saturated carbocycles. The quantitative estimate of drug-likeness (QED) is 0.412. The van der Waals surface area contributed by atoms with Gasteiger partial charge in [-0.25, -0.2) is 14.8 Å². The van der Waals surface area contributed by atoms with Gasteiger partial charge in [0.15, 0.2) is 18.1 Å². The average molecular weight is 496 g/mol. The Bertz CT molecular complexity index is 1230. The third-order valence-electron chi connectivity index (χ3n) is 5.36. The van der Waals surface area contributed by atoms with Crippen molar-refractivity contribution in [1.82, 2.24) is 9.99 Å². The molecule has 0 radical (unpaired) electrons. The fraction of sp³-hybridized carbons (Fsp3) is 0.280. The first-order valence-corrected chi connectivity index (χ1v) is 11.8. The summed E-state index contributed by atoms with van der Waals surface area (Å²) in [5.74, 6) is 0.149. The van der Waals surface area contributed by atoms with Crippen LogP contribution in [0.4, 0.5) is 0 Å². The van der Waals surface area contributed by atoms with Gasteiger partial charge >= 0.3 is 5.97 Å².